The highest BCUT2D eigenvalue weighted by Crippen LogP contribution is 2.34. The number of fused-ring (bicyclic) bond motifs is 1. The van der Waals surface area contributed by atoms with E-state index in [2.05, 4.69) is 22.3 Å². The molecule has 2 aromatic heterocycles. The van der Waals surface area contributed by atoms with Crippen LogP contribution in [-0.2, 0) is 25.9 Å². The molecule has 1 aromatic carbocycles. The molecule has 7 nitrogen and oxygen atoms in total. The molecule has 0 saturated carbocycles. The van der Waals surface area contributed by atoms with Gasteiger partial charge in [-0.1, -0.05) is 19.1 Å². The van der Waals surface area contributed by atoms with Crippen LogP contribution in [0.4, 0.5) is 5.69 Å². The van der Waals surface area contributed by atoms with Crippen LogP contribution in [0.2, 0.25) is 0 Å². The topological polar surface area (TPSA) is 85.9 Å². The minimum absolute atomic E-state index is 0.150. The zero-order valence-corrected chi connectivity index (χ0v) is 15.9. The second-order valence-electron chi connectivity index (χ2n) is 6.64. The van der Waals surface area contributed by atoms with Crippen molar-refractivity contribution >= 4 is 17.0 Å². The van der Waals surface area contributed by atoms with Gasteiger partial charge < -0.3 is 5.32 Å². The average molecular weight is 383 g/mol. The molecule has 1 aliphatic heterocycles. The highest BCUT2D eigenvalue weighted by molar-refractivity contribution is 7.15. The van der Waals surface area contributed by atoms with Crippen molar-refractivity contribution in [1.29, 1.82) is 0 Å². The first-order chi connectivity index (χ1) is 13.1. The van der Waals surface area contributed by atoms with Gasteiger partial charge in [-0.3, -0.25) is 10.1 Å². The molecule has 0 radical (unpaired) electrons. The normalized spacial score (nSPS) is 16.3. The summed E-state index contributed by atoms with van der Waals surface area (Å²) in [5.41, 5.74) is 0.826. The van der Waals surface area contributed by atoms with Crippen LogP contribution in [0.15, 0.2) is 36.4 Å². The first-order valence-electron chi connectivity index (χ1n) is 9.12. The molecule has 1 N–H and O–H groups in total. The summed E-state index contributed by atoms with van der Waals surface area (Å²) >= 11 is 1.60. The molecular formula is C19H21N5O2S. The van der Waals surface area contributed by atoms with Crippen LogP contribution in [-0.4, -0.2) is 25.7 Å². The fourth-order valence-corrected chi connectivity index (χ4v) is 4.37. The van der Waals surface area contributed by atoms with Crippen LogP contribution in [0.1, 0.15) is 29.9 Å². The fraction of sp³-hybridized carbons (Fsp3) is 0.368. The van der Waals surface area contributed by atoms with Gasteiger partial charge in [-0.15, -0.1) is 11.3 Å². The Kier molecular flexibility index (Phi) is 5.00. The van der Waals surface area contributed by atoms with Crippen molar-refractivity contribution in [2.75, 3.05) is 0 Å². The maximum Gasteiger partial charge on any atom is 0.278 e. The molecule has 1 atom stereocenters. The predicted molar refractivity (Wildman–Crippen MR) is 105 cm³/mol. The molecule has 140 valence electrons. The molecule has 0 fully saturated rings. The van der Waals surface area contributed by atoms with E-state index in [0.717, 1.165) is 48.9 Å². The van der Waals surface area contributed by atoms with Gasteiger partial charge in [-0.2, -0.15) is 5.10 Å². The summed E-state index contributed by atoms with van der Waals surface area (Å²) in [5, 5.41) is 19.4. The van der Waals surface area contributed by atoms with Gasteiger partial charge in [0.15, 0.2) is 5.82 Å². The summed E-state index contributed by atoms with van der Waals surface area (Å²) in [6.07, 6.45) is 2.85. The Hall–Kier alpha value is -2.58. The van der Waals surface area contributed by atoms with Crippen LogP contribution in [0.3, 0.4) is 0 Å². The standard InChI is InChI=1S/C19H21N5O2S/c1-2-18-21-19-10-7-13(12-23(19)22-18)20-11-14-8-9-17(27-14)15-5-3-4-6-16(15)24(25)26/h3-6,8-9,13,20H,2,7,10-12H2,1H3. The van der Waals surface area contributed by atoms with Crippen molar-refractivity contribution < 1.29 is 4.92 Å². The van der Waals surface area contributed by atoms with Crippen LogP contribution in [0, 0.1) is 10.1 Å². The van der Waals surface area contributed by atoms with E-state index in [0.29, 0.717) is 11.6 Å². The van der Waals surface area contributed by atoms with E-state index in [1.165, 1.54) is 4.88 Å². The number of nitrogens with one attached hydrogen (secondary N) is 1. The Bertz CT molecular complexity index is 965. The summed E-state index contributed by atoms with van der Waals surface area (Å²) in [6, 6.07) is 11.3. The zero-order chi connectivity index (χ0) is 18.8. The molecule has 3 aromatic rings. The van der Waals surface area contributed by atoms with E-state index >= 15 is 0 Å². The van der Waals surface area contributed by atoms with Crippen molar-refractivity contribution in [2.24, 2.45) is 0 Å². The van der Waals surface area contributed by atoms with Gasteiger partial charge in [-0.05, 0) is 24.6 Å². The fourth-order valence-electron chi connectivity index (χ4n) is 3.38. The monoisotopic (exact) mass is 383 g/mol. The maximum absolute atomic E-state index is 11.2. The van der Waals surface area contributed by atoms with Crippen LogP contribution in [0.25, 0.3) is 10.4 Å². The number of hydrogen-bond donors (Lipinski definition) is 1. The average Bonchev–Trinajstić information content (AvgIpc) is 3.32. The summed E-state index contributed by atoms with van der Waals surface area (Å²) in [5.74, 6) is 2.00. The van der Waals surface area contributed by atoms with Gasteiger partial charge in [0.25, 0.3) is 5.69 Å². The molecule has 0 saturated heterocycles. The van der Waals surface area contributed by atoms with Crippen molar-refractivity contribution in [3.63, 3.8) is 0 Å². The molecule has 0 bridgehead atoms. The van der Waals surface area contributed by atoms with E-state index in [-0.39, 0.29) is 10.6 Å². The van der Waals surface area contributed by atoms with Gasteiger partial charge in [0.2, 0.25) is 0 Å². The number of nitro groups is 1. The van der Waals surface area contributed by atoms with Crippen LogP contribution >= 0.6 is 11.3 Å². The second kappa shape index (κ2) is 7.58. The first kappa shape index (κ1) is 17.8. The zero-order valence-electron chi connectivity index (χ0n) is 15.1. The molecule has 0 spiro atoms. The van der Waals surface area contributed by atoms with Crippen LogP contribution in [0.5, 0.6) is 0 Å². The lowest BCUT2D eigenvalue weighted by atomic mass is 10.1. The minimum Gasteiger partial charge on any atom is -0.307 e. The Balaban J connectivity index is 1.41. The number of nitrogens with zero attached hydrogens (tertiary/aromatic N) is 4. The van der Waals surface area contributed by atoms with Crippen molar-refractivity contribution in [2.45, 2.75) is 45.3 Å². The molecular weight excluding hydrogens is 362 g/mol. The molecule has 1 aliphatic rings. The smallest absolute Gasteiger partial charge is 0.278 e. The highest BCUT2D eigenvalue weighted by atomic mass is 32.1. The van der Waals surface area contributed by atoms with E-state index in [1.807, 2.05) is 22.9 Å². The summed E-state index contributed by atoms with van der Waals surface area (Å²) in [4.78, 5) is 17.6. The predicted octanol–water partition coefficient (Wildman–Crippen LogP) is 3.58. The molecule has 4 rings (SSSR count). The minimum atomic E-state index is -0.324. The Morgan fingerprint density at radius 2 is 2.19 bits per heavy atom. The number of hydrogen-bond acceptors (Lipinski definition) is 6. The third kappa shape index (κ3) is 3.77. The number of benzene rings is 1. The molecule has 27 heavy (non-hydrogen) atoms. The van der Waals surface area contributed by atoms with Crippen LogP contribution < -0.4 is 5.32 Å². The van der Waals surface area contributed by atoms with Gasteiger partial charge >= 0.3 is 0 Å². The van der Waals surface area contributed by atoms with Crippen molar-refractivity contribution in [1.82, 2.24) is 20.1 Å². The SMILES string of the molecule is CCc1nc2n(n1)CC(NCc1ccc(-c3ccccc3[N+](=O)[O-])s1)CC2. The van der Waals surface area contributed by atoms with Gasteiger partial charge in [-0.25, -0.2) is 9.67 Å². The molecule has 0 amide bonds. The van der Waals surface area contributed by atoms with Gasteiger partial charge in [0.05, 0.1) is 17.0 Å². The Labute approximate surface area is 161 Å². The van der Waals surface area contributed by atoms with Crippen molar-refractivity contribution in [3.05, 3.63) is 63.0 Å². The lowest BCUT2D eigenvalue weighted by molar-refractivity contribution is -0.384. The summed E-state index contributed by atoms with van der Waals surface area (Å²) in [6.45, 7) is 3.66. The van der Waals surface area contributed by atoms with E-state index < -0.39 is 0 Å². The summed E-state index contributed by atoms with van der Waals surface area (Å²) in [7, 11) is 0. The van der Waals surface area contributed by atoms with E-state index in [9.17, 15) is 10.1 Å². The molecule has 3 heterocycles. The molecule has 0 aliphatic carbocycles. The number of para-hydroxylation sites is 1. The molecule has 1 unspecified atom stereocenters. The maximum atomic E-state index is 11.2. The van der Waals surface area contributed by atoms with E-state index in [4.69, 9.17) is 0 Å². The number of aromatic nitrogens is 3. The quantitative estimate of drug-likeness (QED) is 0.519. The Morgan fingerprint density at radius 1 is 1.33 bits per heavy atom. The van der Waals surface area contributed by atoms with Gasteiger partial charge in [0.1, 0.15) is 5.82 Å². The number of thiophene rings is 1. The van der Waals surface area contributed by atoms with Crippen molar-refractivity contribution in [3.8, 4) is 10.4 Å². The largest absolute Gasteiger partial charge is 0.307 e. The third-order valence-electron chi connectivity index (χ3n) is 4.81. The Morgan fingerprint density at radius 3 is 3.00 bits per heavy atom. The van der Waals surface area contributed by atoms with E-state index in [1.54, 1.807) is 29.5 Å². The highest BCUT2D eigenvalue weighted by Gasteiger charge is 2.21. The number of rotatable bonds is 6. The second-order valence-corrected chi connectivity index (χ2v) is 7.80. The molecule has 8 heteroatoms. The number of nitro benzene ring substituents is 1. The van der Waals surface area contributed by atoms with Gasteiger partial charge in [0, 0.05) is 41.2 Å². The lowest BCUT2D eigenvalue weighted by Crippen LogP contribution is -2.37. The first-order valence-corrected chi connectivity index (χ1v) is 9.94. The third-order valence-corrected chi connectivity index (χ3v) is 5.93. The summed E-state index contributed by atoms with van der Waals surface area (Å²) < 4.78 is 2.02. The number of aryl methyl sites for hydroxylation is 2. The lowest BCUT2D eigenvalue weighted by Gasteiger charge is -2.23.